The minimum Gasteiger partial charge on any atom is -0.399 e. The summed E-state index contributed by atoms with van der Waals surface area (Å²) in [6.45, 7) is 5.46. The number of nitrogens with one attached hydrogen (secondary N) is 1. The fraction of sp³-hybridized carbons (Fsp3) is 0.533. The van der Waals surface area contributed by atoms with Crippen LogP contribution in [-0.4, -0.2) is 25.5 Å². The van der Waals surface area contributed by atoms with Gasteiger partial charge in [-0.1, -0.05) is 13.8 Å². The number of nitrogens with two attached hydrogens (primary N) is 1. The van der Waals surface area contributed by atoms with Crippen LogP contribution in [0.15, 0.2) is 18.2 Å². The zero-order valence-corrected chi connectivity index (χ0v) is 11.9. The third-order valence-electron chi connectivity index (χ3n) is 3.87. The molecule has 1 fully saturated rings. The van der Waals surface area contributed by atoms with Crippen LogP contribution in [0.5, 0.6) is 0 Å². The van der Waals surface area contributed by atoms with Crippen LogP contribution in [0, 0.1) is 5.92 Å². The number of nitrogen functional groups attached to an aromatic ring is 1. The highest BCUT2D eigenvalue weighted by atomic mass is 16.1. The van der Waals surface area contributed by atoms with Gasteiger partial charge in [0.15, 0.2) is 0 Å². The van der Waals surface area contributed by atoms with Gasteiger partial charge in [-0.25, -0.2) is 0 Å². The van der Waals surface area contributed by atoms with Crippen molar-refractivity contribution < 1.29 is 4.79 Å². The molecule has 2 rings (SSSR count). The first-order valence-corrected chi connectivity index (χ1v) is 6.93. The summed E-state index contributed by atoms with van der Waals surface area (Å²) in [6, 6.07) is 6.02. The van der Waals surface area contributed by atoms with E-state index in [-0.39, 0.29) is 5.91 Å². The van der Waals surface area contributed by atoms with Gasteiger partial charge in [-0.15, -0.1) is 0 Å². The van der Waals surface area contributed by atoms with Gasteiger partial charge in [-0.2, -0.15) is 0 Å². The van der Waals surface area contributed by atoms with Crippen molar-refractivity contribution in [3.8, 4) is 0 Å². The topological polar surface area (TPSA) is 58.4 Å². The van der Waals surface area contributed by atoms with E-state index in [4.69, 9.17) is 5.73 Å². The van der Waals surface area contributed by atoms with Gasteiger partial charge >= 0.3 is 0 Å². The minimum absolute atomic E-state index is 0.0515. The molecule has 4 heteroatoms. The smallest absolute Gasteiger partial charge is 0.253 e. The third kappa shape index (κ3) is 2.67. The summed E-state index contributed by atoms with van der Waals surface area (Å²) in [5.41, 5.74) is 8.29. The molecule has 1 unspecified atom stereocenters. The number of benzene rings is 1. The van der Waals surface area contributed by atoms with E-state index in [1.165, 1.54) is 12.8 Å². The Morgan fingerprint density at radius 2 is 2.21 bits per heavy atom. The zero-order valence-electron chi connectivity index (χ0n) is 11.9. The Morgan fingerprint density at radius 1 is 1.47 bits per heavy atom. The second-order valence-electron chi connectivity index (χ2n) is 5.50. The Balaban J connectivity index is 2.42. The Morgan fingerprint density at radius 3 is 2.84 bits per heavy atom. The van der Waals surface area contributed by atoms with Crippen LogP contribution >= 0.6 is 0 Å². The SMILES string of the molecule is CNC(=O)c1ccc(N)cc1N1CCCC1C(C)C. The average molecular weight is 261 g/mol. The fourth-order valence-electron chi connectivity index (χ4n) is 2.90. The molecule has 1 aromatic carbocycles. The summed E-state index contributed by atoms with van der Waals surface area (Å²) in [6.07, 6.45) is 2.35. The summed E-state index contributed by atoms with van der Waals surface area (Å²) in [5, 5.41) is 2.70. The predicted molar refractivity (Wildman–Crippen MR) is 79.5 cm³/mol. The second kappa shape index (κ2) is 5.51. The van der Waals surface area contributed by atoms with E-state index >= 15 is 0 Å². The van der Waals surface area contributed by atoms with Gasteiger partial charge in [0.05, 0.1) is 11.3 Å². The lowest BCUT2D eigenvalue weighted by molar-refractivity contribution is 0.0963. The van der Waals surface area contributed by atoms with Crippen LogP contribution in [0.2, 0.25) is 0 Å². The maximum absolute atomic E-state index is 12.0. The highest BCUT2D eigenvalue weighted by molar-refractivity contribution is 6.00. The number of amides is 1. The lowest BCUT2D eigenvalue weighted by Crippen LogP contribution is -2.35. The lowest BCUT2D eigenvalue weighted by Gasteiger charge is -2.31. The average Bonchev–Trinajstić information content (AvgIpc) is 2.87. The van der Waals surface area contributed by atoms with E-state index in [2.05, 4.69) is 24.1 Å². The van der Waals surface area contributed by atoms with Crippen molar-refractivity contribution in [2.45, 2.75) is 32.7 Å². The van der Waals surface area contributed by atoms with Crippen molar-refractivity contribution in [2.75, 3.05) is 24.2 Å². The number of hydrogen-bond acceptors (Lipinski definition) is 3. The van der Waals surface area contributed by atoms with Crippen LogP contribution in [-0.2, 0) is 0 Å². The van der Waals surface area contributed by atoms with Gasteiger partial charge in [0.1, 0.15) is 0 Å². The molecule has 1 amide bonds. The third-order valence-corrected chi connectivity index (χ3v) is 3.87. The fourth-order valence-corrected chi connectivity index (χ4v) is 2.90. The molecular weight excluding hydrogens is 238 g/mol. The van der Waals surface area contributed by atoms with Gasteiger partial charge in [-0.3, -0.25) is 4.79 Å². The Labute approximate surface area is 115 Å². The predicted octanol–water partition coefficient (Wildman–Crippen LogP) is 2.25. The molecule has 19 heavy (non-hydrogen) atoms. The van der Waals surface area contributed by atoms with E-state index in [0.717, 1.165) is 12.2 Å². The van der Waals surface area contributed by atoms with E-state index in [9.17, 15) is 4.79 Å². The number of carbonyl (C=O) groups is 1. The molecule has 104 valence electrons. The van der Waals surface area contributed by atoms with Crippen LogP contribution < -0.4 is 16.0 Å². The molecule has 0 bridgehead atoms. The van der Waals surface area contributed by atoms with E-state index < -0.39 is 0 Å². The highest BCUT2D eigenvalue weighted by Crippen LogP contribution is 2.33. The number of carbonyl (C=O) groups excluding carboxylic acids is 1. The molecule has 4 nitrogen and oxygen atoms in total. The molecule has 1 atom stereocenters. The van der Waals surface area contributed by atoms with Crippen molar-refractivity contribution in [3.63, 3.8) is 0 Å². The molecule has 0 saturated carbocycles. The number of nitrogens with zero attached hydrogens (tertiary/aromatic N) is 1. The molecule has 0 aromatic heterocycles. The van der Waals surface area contributed by atoms with Crippen molar-refractivity contribution >= 4 is 17.3 Å². The molecule has 3 N–H and O–H groups in total. The van der Waals surface area contributed by atoms with E-state index in [0.29, 0.717) is 23.2 Å². The maximum Gasteiger partial charge on any atom is 0.253 e. The lowest BCUT2D eigenvalue weighted by atomic mass is 10.0. The van der Waals surface area contributed by atoms with Gasteiger partial charge < -0.3 is 16.0 Å². The molecule has 1 heterocycles. The van der Waals surface area contributed by atoms with Gasteiger partial charge in [-0.05, 0) is 37.0 Å². The molecule has 0 radical (unpaired) electrons. The van der Waals surface area contributed by atoms with Gasteiger partial charge in [0, 0.05) is 25.3 Å². The van der Waals surface area contributed by atoms with Crippen LogP contribution in [0.1, 0.15) is 37.0 Å². The van der Waals surface area contributed by atoms with Gasteiger partial charge in [0.2, 0.25) is 0 Å². The number of rotatable bonds is 3. The summed E-state index contributed by atoms with van der Waals surface area (Å²) < 4.78 is 0. The zero-order chi connectivity index (χ0) is 14.0. The highest BCUT2D eigenvalue weighted by Gasteiger charge is 2.29. The standard InChI is InChI=1S/C15H23N3O/c1-10(2)13-5-4-8-18(13)14-9-11(16)6-7-12(14)15(19)17-3/h6-7,9-10,13H,4-5,8,16H2,1-3H3,(H,17,19). The maximum atomic E-state index is 12.0. The Bertz CT molecular complexity index is 470. The van der Waals surface area contributed by atoms with Crippen molar-refractivity contribution in [3.05, 3.63) is 23.8 Å². The van der Waals surface area contributed by atoms with Crippen LogP contribution in [0.25, 0.3) is 0 Å². The second-order valence-corrected chi connectivity index (χ2v) is 5.50. The molecule has 0 spiro atoms. The minimum atomic E-state index is -0.0515. The van der Waals surface area contributed by atoms with E-state index in [1.807, 2.05) is 12.1 Å². The summed E-state index contributed by atoms with van der Waals surface area (Å²) >= 11 is 0. The van der Waals surface area contributed by atoms with E-state index in [1.54, 1.807) is 13.1 Å². The largest absolute Gasteiger partial charge is 0.399 e. The molecular formula is C15H23N3O. The number of hydrogen-bond donors (Lipinski definition) is 2. The van der Waals surface area contributed by atoms with Crippen molar-refractivity contribution in [1.82, 2.24) is 5.32 Å². The Kier molecular flexibility index (Phi) is 3.98. The summed E-state index contributed by atoms with van der Waals surface area (Å²) in [4.78, 5) is 14.3. The number of anilines is 2. The summed E-state index contributed by atoms with van der Waals surface area (Å²) in [5.74, 6) is 0.519. The molecule has 1 aliphatic rings. The first-order chi connectivity index (χ1) is 9.04. The van der Waals surface area contributed by atoms with Gasteiger partial charge in [0.25, 0.3) is 5.91 Å². The van der Waals surface area contributed by atoms with Crippen molar-refractivity contribution in [2.24, 2.45) is 5.92 Å². The molecule has 1 aliphatic heterocycles. The molecule has 1 saturated heterocycles. The monoisotopic (exact) mass is 261 g/mol. The Hall–Kier alpha value is -1.71. The first kappa shape index (κ1) is 13.7. The normalized spacial score (nSPS) is 18.9. The van der Waals surface area contributed by atoms with Crippen LogP contribution in [0.3, 0.4) is 0 Å². The first-order valence-electron chi connectivity index (χ1n) is 6.93. The molecule has 0 aliphatic carbocycles. The van der Waals surface area contributed by atoms with Crippen LogP contribution in [0.4, 0.5) is 11.4 Å². The molecule has 1 aromatic rings. The quantitative estimate of drug-likeness (QED) is 0.820. The van der Waals surface area contributed by atoms with Crippen molar-refractivity contribution in [1.29, 1.82) is 0 Å². The summed E-state index contributed by atoms with van der Waals surface area (Å²) in [7, 11) is 1.66.